The number of aldehydes is 1. The van der Waals surface area contributed by atoms with Crippen LogP contribution in [-0.4, -0.2) is 6.29 Å². The van der Waals surface area contributed by atoms with E-state index in [9.17, 15) is 4.79 Å². The molecule has 2 rings (SSSR count). The molecule has 0 spiro atoms. The summed E-state index contributed by atoms with van der Waals surface area (Å²) >= 11 is 5.94. The highest BCUT2D eigenvalue weighted by atomic mass is 35.5. The first-order chi connectivity index (χ1) is 8.60. The highest BCUT2D eigenvalue weighted by Crippen LogP contribution is 2.27. The summed E-state index contributed by atoms with van der Waals surface area (Å²) in [4.78, 5) is 10.7. The smallest absolute Gasteiger partial charge is 0.151 e. The van der Waals surface area contributed by atoms with Crippen molar-refractivity contribution in [2.45, 2.75) is 13.8 Å². The van der Waals surface area contributed by atoms with Crippen LogP contribution in [0.2, 0.25) is 5.02 Å². The van der Waals surface area contributed by atoms with Gasteiger partial charge in [-0.3, -0.25) is 4.79 Å². The lowest BCUT2D eigenvalue weighted by molar-refractivity contribution is 0.112. The zero-order valence-electron chi connectivity index (χ0n) is 10.2. The Hall–Kier alpha value is -1.80. The summed E-state index contributed by atoms with van der Waals surface area (Å²) in [6, 6.07) is 10.9. The summed E-state index contributed by atoms with van der Waals surface area (Å²) in [5.41, 5.74) is 2.85. The third-order valence-corrected chi connectivity index (χ3v) is 3.14. The molecule has 0 bridgehead atoms. The molecule has 0 radical (unpaired) electrons. The molecular formula is C15H13ClO2. The van der Waals surface area contributed by atoms with Crippen LogP contribution in [0.1, 0.15) is 21.5 Å². The quantitative estimate of drug-likeness (QED) is 0.756. The summed E-state index contributed by atoms with van der Waals surface area (Å²) in [6.07, 6.45) is 0.724. The lowest BCUT2D eigenvalue weighted by Crippen LogP contribution is -1.88. The van der Waals surface area contributed by atoms with E-state index in [0.29, 0.717) is 16.3 Å². The zero-order chi connectivity index (χ0) is 13.1. The third kappa shape index (κ3) is 2.71. The van der Waals surface area contributed by atoms with Gasteiger partial charge < -0.3 is 4.74 Å². The van der Waals surface area contributed by atoms with Crippen molar-refractivity contribution in [1.29, 1.82) is 0 Å². The first kappa shape index (κ1) is 12.7. The fourth-order valence-corrected chi connectivity index (χ4v) is 1.80. The van der Waals surface area contributed by atoms with Gasteiger partial charge in [-0.1, -0.05) is 17.7 Å². The van der Waals surface area contributed by atoms with Gasteiger partial charge in [-0.05, 0) is 49.2 Å². The van der Waals surface area contributed by atoms with Gasteiger partial charge in [0.1, 0.15) is 11.5 Å². The second kappa shape index (κ2) is 5.23. The maximum Gasteiger partial charge on any atom is 0.151 e. The van der Waals surface area contributed by atoms with Gasteiger partial charge in [-0.2, -0.15) is 0 Å². The first-order valence-electron chi connectivity index (χ1n) is 5.60. The van der Waals surface area contributed by atoms with Crippen molar-refractivity contribution in [3.8, 4) is 11.5 Å². The molecule has 0 heterocycles. The van der Waals surface area contributed by atoms with Gasteiger partial charge in [-0.25, -0.2) is 0 Å². The highest BCUT2D eigenvalue weighted by molar-refractivity contribution is 6.33. The SMILES string of the molecule is Cc1ccc(Oc2ccc(C=O)c(Cl)c2)cc1C. The average Bonchev–Trinajstić information content (AvgIpc) is 2.34. The van der Waals surface area contributed by atoms with Crippen molar-refractivity contribution in [1.82, 2.24) is 0 Å². The Balaban J connectivity index is 2.25. The van der Waals surface area contributed by atoms with Crippen LogP contribution in [0.15, 0.2) is 36.4 Å². The van der Waals surface area contributed by atoms with Crippen molar-refractivity contribution < 1.29 is 9.53 Å². The van der Waals surface area contributed by atoms with Crippen LogP contribution < -0.4 is 4.74 Å². The van der Waals surface area contributed by atoms with Gasteiger partial charge >= 0.3 is 0 Å². The number of ether oxygens (including phenoxy) is 1. The second-order valence-electron chi connectivity index (χ2n) is 4.15. The van der Waals surface area contributed by atoms with Crippen molar-refractivity contribution in [2.75, 3.05) is 0 Å². The number of carbonyl (C=O) groups excluding carboxylic acids is 1. The van der Waals surface area contributed by atoms with E-state index in [1.54, 1.807) is 18.2 Å². The minimum absolute atomic E-state index is 0.395. The molecule has 2 aromatic carbocycles. The molecule has 0 N–H and O–H groups in total. The van der Waals surface area contributed by atoms with Crippen LogP contribution in [0.3, 0.4) is 0 Å². The van der Waals surface area contributed by atoms with Crippen molar-refractivity contribution >= 4 is 17.9 Å². The maximum atomic E-state index is 10.7. The molecule has 0 fully saturated rings. The maximum absolute atomic E-state index is 10.7. The molecule has 18 heavy (non-hydrogen) atoms. The summed E-state index contributed by atoms with van der Waals surface area (Å²) in [5, 5.41) is 0.395. The number of rotatable bonds is 3. The van der Waals surface area contributed by atoms with Gasteiger partial charge in [0, 0.05) is 11.6 Å². The van der Waals surface area contributed by atoms with E-state index in [1.165, 1.54) is 11.1 Å². The number of benzene rings is 2. The highest BCUT2D eigenvalue weighted by Gasteiger charge is 2.03. The topological polar surface area (TPSA) is 26.3 Å². The van der Waals surface area contributed by atoms with Crippen LogP contribution in [0, 0.1) is 13.8 Å². The molecule has 2 nitrogen and oxygen atoms in total. The normalized spacial score (nSPS) is 10.2. The molecule has 2 aromatic rings. The molecule has 0 aliphatic rings. The van der Waals surface area contributed by atoms with E-state index in [2.05, 4.69) is 6.92 Å². The fraction of sp³-hybridized carbons (Fsp3) is 0.133. The first-order valence-corrected chi connectivity index (χ1v) is 5.98. The minimum Gasteiger partial charge on any atom is -0.457 e. The summed E-state index contributed by atoms with van der Waals surface area (Å²) < 4.78 is 5.69. The summed E-state index contributed by atoms with van der Waals surface area (Å²) in [5.74, 6) is 1.38. The number of carbonyl (C=O) groups is 1. The Morgan fingerprint density at radius 1 is 1.00 bits per heavy atom. The standard InChI is InChI=1S/C15H13ClO2/c1-10-3-5-13(7-11(10)2)18-14-6-4-12(9-17)15(16)8-14/h3-9H,1-2H3. The van der Waals surface area contributed by atoms with Crippen LogP contribution in [-0.2, 0) is 0 Å². The molecule has 0 amide bonds. The van der Waals surface area contributed by atoms with Crippen LogP contribution >= 0.6 is 11.6 Å². The van der Waals surface area contributed by atoms with E-state index >= 15 is 0 Å². The molecule has 3 heteroatoms. The number of hydrogen-bond donors (Lipinski definition) is 0. The Morgan fingerprint density at radius 3 is 2.28 bits per heavy atom. The molecule has 0 unspecified atom stereocenters. The van der Waals surface area contributed by atoms with E-state index < -0.39 is 0 Å². The molecule has 0 aliphatic carbocycles. The monoisotopic (exact) mass is 260 g/mol. The molecule has 0 atom stereocenters. The zero-order valence-corrected chi connectivity index (χ0v) is 11.0. The van der Waals surface area contributed by atoms with Crippen molar-refractivity contribution in [3.63, 3.8) is 0 Å². The Kier molecular flexibility index (Phi) is 3.68. The van der Waals surface area contributed by atoms with E-state index in [4.69, 9.17) is 16.3 Å². The predicted molar refractivity (Wildman–Crippen MR) is 72.8 cm³/mol. The Morgan fingerprint density at radius 2 is 1.67 bits per heavy atom. The summed E-state index contributed by atoms with van der Waals surface area (Å²) in [6.45, 7) is 4.08. The molecule has 0 saturated heterocycles. The summed E-state index contributed by atoms with van der Waals surface area (Å²) in [7, 11) is 0. The van der Waals surface area contributed by atoms with Gasteiger partial charge in [0.15, 0.2) is 6.29 Å². The molecule has 0 saturated carbocycles. The fourth-order valence-electron chi connectivity index (χ4n) is 1.58. The van der Waals surface area contributed by atoms with Crippen LogP contribution in [0.4, 0.5) is 0 Å². The van der Waals surface area contributed by atoms with Gasteiger partial charge in [0.2, 0.25) is 0 Å². The van der Waals surface area contributed by atoms with E-state index in [-0.39, 0.29) is 0 Å². The average molecular weight is 261 g/mol. The van der Waals surface area contributed by atoms with Gasteiger partial charge in [0.25, 0.3) is 0 Å². The largest absolute Gasteiger partial charge is 0.457 e. The molecule has 0 aromatic heterocycles. The van der Waals surface area contributed by atoms with Crippen molar-refractivity contribution in [3.05, 3.63) is 58.1 Å². The van der Waals surface area contributed by atoms with Crippen molar-refractivity contribution in [2.24, 2.45) is 0 Å². The lowest BCUT2D eigenvalue weighted by atomic mass is 10.1. The minimum atomic E-state index is 0.395. The Labute approximate surface area is 111 Å². The molecular weight excluding hydrogens is 248 g/mol. The van der Waals surface area contributed by atoms with Crippen LogP contribution in [0.25, 0.3) is 0 Å². The lowest BCUT2D eigenvalue weighted by Gasteiger charge is -2.08. The number of hydrogen-bond acceptors (Lipinski definition) is 2. The van der Waals surface area contributed by atoms with E-state index in [1.807, 2.05) is 25.1 Å². The predicted octanol–water partition coefficient (Wildman–Crippen LogP) is 4.56. The van der Waals surface area contributed by atoms with Gasteiger partial charge in [-0.15, -0.1) is 0 Å². The van der Waals surface area contributed by atoms with Gasteiger partial charge in [0.05, 0.1) is 5.02 Å². The third-order valence-electron chi connectivity index (χ3n) is 2.81. The second-order valence-corrected chi connectivity index (χ2v) is 4.56. The molecule has 92 valence electrons. The number of halogens is 1. The number of aryl methyl sites for hydroxylation is 2. The Bertz CT molecular complexity index is 591. The van der Waals surface area contributed by atoms with Crippen LogP contribution in [0.5, 0.6) is 11.5 Å². The van der Waals surface area contributed by atoms with E-state index in [0.717, 1.165) is 12.0 Å². The molecule has 0 aliphatic heterocycles.